The van der Waals surface area contributed by atoms with Crippen LogP contribution in [0, 0.1) is 0 Å². The van der Waals surface area contributed by atoms with E-state index < -0.39 is 0 Å². The lowest BCUT2D eigenvalue weighted by molar-refractivity contribution is 0.652. The molecule has 10 aromatic carbocycles. The Morgan fingerprint density at radius 3 is 1.39 bits per heavy atom. The van der Waals surface area contributed by atoms with Gasteiger partial charge < -0.3 is 0 Å². The zero-order valence-electron chi connectivity index (χ0n) is 32.2. The topological polar surface area (TPSA) is 0 Å². The molecular formula is C56H40. The average Bonchev–Trinajstić information content (AvgIpc) is 3.60. The minimum absolute atomic E-state index is 0.0175. The van der Waals surface area contributed by atoms with Crippen molar-refractivity contribution in [1.29, 1.82) is 0 Å². The fourth-order valence-corrected chi connectivity index (χ4v) is 10.7. The molecular weight excluding hydrogens is 673 g/mol. The van der Waals surface area contributed by atoms with Crippen LogP contribution in [-0.2, 0) is 10.8 Å². The summed E-state index contributed by atoms with van der Waals surface area (Å²) < 4.78 is 0. The van der Waals surface area contributed by atoms with E-state index in [2.05, 4.69) is 198 Å². The van der Waals surface area contributed by atoms with E-state index in [-0.39, 0.29) is 10.8 Å². The molecule has 0 amide bonds. The van der Waals surface area contributed by atoms with Gasteiger partial charge in [0.15, 0.2) is 0 Å². The van der Waals surface area contributed by atoms with Crippen LogP contribution in [0.2, 0.25) is 0 Å². The molecule has 0 N–H and O–H groups in total. The summed E-state index contributed by atoms with van der Waals surface area (Å²) in [6.07, 6.45) is 0. The summed E-state index contributed by atoms with van der Waals surface area (Å²) in [5.41, 5.74) is 18.8. The van der Waals surface area contributed by atoms with Gasteiger partial charge in [-0.05, 0) is 139 Å². The van der Waals surface area contributed by atoms with Gasteiger partial charge in [0.05, 0.1) is 0 Å². The highest BCUT2D eigenvalue weighted by Gasteiger charge is 2.41. The average molecular weight is 713 g/mol. The summed E-state index contributed by atoms with van der Waals surface area (Å²) in [6, 6.07) is 64.4. The Hall–Kier alpha value is -6.50. The van der Waals surface area contributed by atoms with Crippen molar-refractivity contribution >= 4 is 43.1 Å². The highest BCUT2D eigenvalue weighted by Crippen LogP contribution is 2.56. The van der Waals surface area contributed by atoms with Gasteiger partial charge in [-0.2, -0.15) is 0 Å². The Balaban J connectivity index is 0.975. The van der Waals surface area contributed by atoms with Gasteiger partial charge in [0.2, 0.25) is 0 Å². The zero-order valence-corrected chi connectivity index (χ0v) is 32.2. The zero-order chi connectivity index (χ0) is 37.5. The predicted octanol–water partition coefficient (Wildman–Crippen LogP) is 15.4. The lowest BCUT2D eigenvalue weighted by Crippen LogP contribution is -2.17. The van der Waals surface area contributed by atoms with Crippen molar-refractivity contribution in [3.05, 3.63) is 192 Å². The minimum Gasteiger partial charge on any atom is -0.0619 e. The van der Waals surface area contributed by atoms with Crippen molar-refractivity contribution in [2.45, 2.75) is 38.5 Å². The predicted molar refractivity (Wildman–Crippen MR) is 239 cm³/mol. The molecule has 10 aromatic rings. The molecule has 2 aliphatic carbocycles. The van der Waals surface area contributed by atoms with Crippen molar-refractivity contribution in [2.24, 2.45) is 0 Å². The fourth-order valence-electron chi connectivity index (χ4n) is 10.7. The summed E-state index contributed by atoms with van der Waals surface area (Å²) in [5.74, 6) is 0. The maximum atomic E-state index is 2.52. The van der Waals surface area contributed by atoms with Gasteiger partial charge in [-0.15, -0.1) is 0 Å². The van der Waals surface area contributed by atoms with E-state index in [0.29, 0.717) is 0 Å². The Morgan fingerprint density at radius 1 is 0.268 bits per heavy atom. The highest BCUT2D eigenvalue weighted by atomic mass is 14.4. The minimum atomic E-state index is -0.112. The number of hydrogen-bond donors (Lipinski definition) is 0. The molecule has 0 aromatic heterocycles. The third kappa shape index (κ3) is 4.19. The standard InChI is InChI=1S/C56H40/c1-55(2)49-15-8-7-13-43(49)47-31-52-48(32-51(47)55)44-27-24-38(30-50(44)56(52,3)4)42-26-21-37-22-28-45-41(25-20-36-23-29-46(42)54(37)53(36)45)35-18-16-34(17-19-35)40-14-9-11-33-10-5-6-12-39(33)40/h5-32H,1-4H3. The Kier molecular flexibility index (Phi) is 6.28. The van der Waals surface area contributed by atoms with E-state index in [4.69, 9.17) is 0 Å². The Morgan fingerprint density at radius 2 is 0.714 bits per heavy atom. The van der Waals surface area contributed by atoms with Crippen molar-refractivity contribution in [3.63, 3.8) is 0 Å². The second kappa shape index (κ2) is 11.1. The van der Waals surface area contributed by atoms with Crippen LogP contribution in [0.25, 0.3) is 98.7 Å². The van der Waals surface area contributed by atoms with Gasteiger partial charge >= 0.3 is 0 Å². The van der Waals surface area contributed by atoms with Crippen molar-refractivity contribution in [2.75, 3.05) is 0 Å². The van der Waals surface area contributed by atoms with Crippen LogP contribution >= 0.6 is 0 Å². The first kappa shape index (κ1) is 31.8. The van der Waals surface area contributed by atoms with Crippen LogP contribution in [0.1, 0.15) is 49.9 Å². The maximum Gasteiger partial charge on any atom is 0.0159 e. The molecule has 0 heteroatoms. The van der Waals surface area contributed by atoms with E-state index in [1.54, 1.807) is 0 Å². The lowest BCUT2D eigenvalue weighted by atomic mass is 9.79. The summed E-state index contributed by atoms with van der Waals surface area (Å²) >= 11 is 0. The van der Waals surface area contributed by atoms with Crippen LogP contribution in [0.4, 0.5) is 0 Å². The Bertz CT molecular complexity index is 3270. The Labute approximate surface area is 328 Å². The summed E-state index contributed by atoms with van der Waals surface area (Å²) in [7, 11) is 0. The van der Waals surface area contributed by atoms with Crippen LogP contribution in [0.15, 0.2) is 170 Å². The SMILES string of the molecule is CC1(C)c2ccccc2-c2cc3c(cc21)-c1ccc(-c2ccc4ccc5c(-c6ccc(-c7cccc8ccccc78)cc6)ccc6ccc2c4c65)cc1C3(C)C. The highest BCUT2D eigenvalue weighted by molar-refractivity contribution is 6.27. The van der Waals surface area contributed by atoms with Gasteiger partial charge in [0, 0.05) is 10.8 Å². The van der Waals surface area contributed by atoms with Gasteiger partial charge in [-0.1, -0.05) is 179 Å². The van der Waals surface area contributed by atoms with E-state index in [1.165, 1.54) is 121 Å². The lowest BCUT2D eigenvalue weighted by Gasteiger charge is -2.24. The van der Waals surface area contributed by atoms with Crippen LogP contribution in [-0.4, -0.2) is 0 Å². The molecule has 0 aliphatic heterocycles. The molecule has 0 saturated heterocycles. The van der Waals surface area contributed by atoms with Crippen LogP contribution in [0.5, 0.6) is 0 Å². The molecule has 0 heterocycles. The van der Waals surface area contributed by atoms with Crippen molar-refractivity contribution in [1.82, 2.24) is 0 Å². The number of hydrogen-bond acceptors (Lipinski definition) is 0. The molecule has 12 rings (SSSR count). The largest absolute Gasteiger partial charge is 0.0619 e. The first-order valence-corrected chi connectivity index (χ1v) is 20.0. The number of fused-ring (bicyclic) bond motifs is 7. The van der Waals surface area contributed by atoms with E-state index in [0.717, 1.165) is 0 Å². The molecule has 0 radical (unpaired) electrons. The van der Waals surface area contributed by atoms with Crippen molar-refractivity contribution < 1.29 is 0 Å². The smallest absolute Gasteiger partial charge is 0.0159 e. The van der Waals surface area contributed by atoms with E-state index in [9.17, 15) is 0 Å². The monoisotopic (exact) mass is 712 g/mol. The second-order valence-electron chi connectivity index (χ2n) is 17.3. The first-order valence-electron chi connectivity index (χ1n) is 20.0. The first-order chi connectivity index (χ1) is 27.3. The molecule has 0 nitrogen and oxygen atoms in total. The van der Waals surface area contributed by atoms with Gasteiger partial charge in [-0.3, -0.25) is 0 Å². The molecule has 56 heavy (non-hydrogen) atoms. The molecule has 0 fully saturated rings. The molecule has 0 unspecified atom stereocenters. The van der Waals surface area contributed by atoms with Gasteiger partial charge in [0.25, 0.3) is 0 Å². The van der Waals surface area contributed by atoms with Crippen LogP contribution in [0.3, 0.4) is 0 Å². The van der Waals surface area contributed by atoms with Crippen molar-refractivity contribution in [3.8, 4) is 55.6 Å². The molecule has 2 aliphatic rings. The van der Waals surface area contributed by atoms with E-state index >= 15 is 0 Å². The molecule has 0 atom stereocenters. The third-order valence-electron chi connectivity index (χ3n) is 13.7. The van der Waals surface area contributed by atoms with Crippen LogP contribution < -0.4 is 0 Å². The summed E-state index contributed by atoms with van der Waals surface area (Å²) in [6.45, 7) is 9.60. The quantitative estimate of drug-likeness (QED) is 0.160. The maximum absolute atomic E-state index is 2.52. The van der Waals surface area contributed by atoms with E-state index in [1.807, 2.05) is 0 Å². The fraction of sp³-hybridized carbons (Fsp3) is 0.107. The second-order valence-corrected chi connectivity index (χ2v) is 17.3. The molecule has 0 spiro atoms. The molecule has 0 saturated carbocycles. The third-order valence-corrected chi connectivity index (χ3v) is 13.7. The molecule has 0 bridgehead atoms. The van der Waals surface area contributed by atoms with Gasteiger partial charge in [-0.25, -0.2) is 0 Å². The van der Waals surface area contributed by atoms with Gasteiger partial charge in [0.1, 0.15) is 0 Å². The number of benzene rings is 10. The molecule has 264 valence electrons. The normalized spacial score (nSPS) is 14.7. The summed E-state index contributed by atoms with van der Waals surface area (Å²) in [4.78, 5) is 0. The number of rotatable bonds is 3. The summed E-state index contributed by atoms with van der Waals surface area (Å²) in [5, 5.41) is 10.5.